The standard InChI is InChI=1S/C22H25F2N3O3S/c1-15(20(28)27-8-6-19-16(14-27)7-13-31-19)25-9-11-26(12-10-25)21(29)17-4-2-3-5-18(17)30-22(23)24/h2-5,7,13,15,22H,6,8-12,14H2,1H3. The summed E-state index contributed by atoms with van der Waals surface area (Å²) >= 11 is 1.74. The van der Waals surface area contributed by atoms with Gasteiger partial charge >= 0.3 is 6.61 Å². The van der Waals surface area contributed by atoms with Crippen molar-refractivity contribution in [1.29, 1.82) is 0 Å². The van der Waals surface area contributed by atoms with Crippen LogP contribution in [0.15, 0.2) is 35.7 Å². The Morgan fingerprint density at radius 3 is 2.52 bits per heavy atom. The molecule has 9 heteroatoms. The molecular weight excluding hydrogens is 424 g/mol. The predicted molar refractivity (Wildman–Crippen MR) is 113 cm³/mol. The number of amides is 2. The maximum Gasteiger partial charge on any atom is 0.387 e. The smallest absolute Gasteiger partial charge is 0.387 e. The normalized spacial score (nSPS) is 18.1. The first-order valence-corrected chi connectivity index (χ1v) is 11.2. The van der Waals surface area contributed by atoms with Crippen LogP contribution in [-0.4, -0.2) is 71.9 Å². The van der Waals surface area contributed by atoms with Gasteiger partial charge in [-0.3, -0.25) is 14.5 Å². The number of rotatable bonds is 5. The fraction of sp³-hybridized carbons (Fsp3) is 0.455. The van der Waals surface area contributed by atoms with Crippen molar-refractivity contribution in [3.05, 3.63) is 51.7 Å². The van der Waals surface area contributed by atoms with Crippen LogP contribution in [-0.2, 0) is 17.8 Å². The van der Waals surface area contributed by atoms with Crippen molar-refractivity contribution in [2.75, 3.05) is 32.7 Å². The molecule has 1 aromatic carbocycles. The van der Waals surface area contributed by atoms with Crippen molar-refractivity contribution in [3.63, 3.8) is 0 Å². The quantitative estimate of drug-likeness (QED) is 0.704. The summed E-state index contributed by atoms with van der Waals surface area (Å²) in [5, 5.41) is 2.07. The molecule has 0 saturated carbocycles. The van der Waals surface area contributed by atoms with Gasteiger partial charge in [-0.1, -0.05) is 12.1 Å². The summed E-state index contributed by atoms with van der Waals surface area (Å²) in [6, 6.07) is 7.86. The number of para-hydroxylation sites is 1. The van der Waals surface area contributed by atoms with E-state index in [2.05, 4.69) is 21.1 Å². The number of hydrogen-bond donors (Lipinski definition) is 0. The van der Waals surface area contributed by atoms with Gasteiger partial charge in [0.25, 0.3) is 5.91 Å². The van der Waals surface area contributed by atoms with E-state index < -0.39 is 6.61 Å². The van der Waals surface area contributed by atoms with Crippen LogP contribution in [0.4, 0.5) is 8.78 Å². The molecular formula is C22H25F2N3O3S. The number of benzene rings is 1. The maximum atomic E-state index is 13.0. The van der Waals surface area contributed by atoms with Crippen LogP contribution in [0.1, 0.15) is 27.7 Å². The third-order valence-corrected chi connectivity index (χ3v) is 6.98. The molecule has 166 valence electrons. The molecule has 0 aliphatic carbocycles. The second-order valence-electron chi connectivity index (χ2n) is 7.76. The summed E-state index contributed by atoms with van der Waals surface area (Å²) in [6.07, 6.45) is 0.897. The van der Waals surface area contributed by atoms with Crippen LogP contribution in [0.2, 0.25) is 0 Å². The molecule has 2 aromatic rings. The lowest BCUT2D eigenvalue weighted by atomic mass is 10.1. The third-order valence-electron chi connectivity index (χ3n) is 5.96. The summed E-state index contributed by atoms with van der Waals surface area (Å²) in [5.74, 6) is -0.352. The lowest BCUT2D eigenvalue weighted by Gasteiger charge is -2.39. The van der Waals surface area contributed by atoms with Crippen LogP contribution in [0.3, 0.4) is 0 Å². The van der Waals surface area contributed by atoms with Crippen LogP contribution < -0.4 is 4.74 Å². The van der Waals surface area contributed by atoms with Gasteiger partial charge in [0.05, 0.1) is 11.6 Å². The second-order valence-corrected chi connectivity index (χ2v) is 8.76. The predicted octanol–water partition coefficient (Wildman–Crippen LogP) is 3.08. The van der Waals surface area contributed by atoms with E-state index in [-0.39, 0.29) is 29.2 Å². The highest BCUT2D eigenvalue weighted by molar-refractivity contribution is 7.10. The van der Waals surface area contributed by atoms with Gasteiger partial charge in [-0.2, -0.15) is 8.78 Å². The molecule has 1 atom stereocenters. The van der Waals surface area contributed by atoms with E-state index in [0.717, 1.165) is 13.0 Å². The number of fused-ring (bicyclic) bond motifs is 1. The van der Waals surface area contributed by atoms with Gasteiger partial charge in [0.1, 0.15) is 5.75 Å². The van der Waals surface area contributed by atoms with Gasteiger partial charge in [0.2, 0.25) is 5.91 Å². The van der Waals surface area contributed by atoms with E-state index >= 15 is 0 Å². The third kappa shape index (κ3) is 4.72. The lowest BCUT2D eigenvalue weighted by molar-refractivity contribution is -0.137. The number of thiophene rings is 1. The molecule has 2 aliphatic rings. The zero-order valence-corrected chi connectivity index (χ0v) is 18.1. The molecule has 1 unspecified atom stereocenters. The topological polar surface area (TPSA) is 53.1 Å². The Hall–Kier alpha value is -2.52. The van der Waals surface area contributed by atoms with E-state index in [1.54, 1.807) is 28.4 Å². The van der Waals surface area contributed by atoms with Crippen molar-refractivity contribution >= 4 is 23.2 Å². The first kappa shape index (κ1) is 21.7. The first-order chi connectivity index (χ1) is 14.9. The Morgan fingerprint density at radius 1 is 1.03 bits per heavy atom. The van der Waals surface area contributed by atoms with Crippen molar-refractivity contribution < 1.29 is 23.1 Å². The number of piperazine rings is 1. The number of halogens is 2. The summed E-state index contributed by atoms with van der Waals surface area (Å²) < 4.78 is 29.8. The first-order valence-electron chi connectivity index (χ1n) is 10.3. The monoisotopic (exact) mass is 449 g/mol. The van der Waals surface area contributed by atoms with Crippen molar-refractivity contribution in [2.45, 2.75) is 32.5 Å². The second kappa shape index (κ2) is 9.32. The van der Waals surface area contributed by atoms with Gasteiger partial charge in [-0.25, -0.2) is 0 Å². The fourth-order valence-electron chi connectivity index (χ4n) is 4.18. The number of ether oxygens (including phenoxy) is 1. The molecule has 1 saturated heterocycles. The molecule has 0 N–H and O–H groups in total. The Balaban J connectivity index is 1.34. The molecule has 2 amide bonds. The molecule has 3 heterocycles. The highest BCUT2D eigenvalue weighted by Crippen LogP contribution is 2.26. The van der Waals surface area contributed by atoms with Crippen molar-refractivity contribution in [2.24, 2.45) is 0 Å². The largest absolute Gasteiger partial charge is 0.434 e. The number of alkyl halides is 2. The summed E-state index contributed by atoms with van der Waals surface area (Å²) in [7, 11) is 0. The number of nitrogens with zero attached hydrogens (tertiary/aromatic N) is 3. The van der Waals surface area contributed by atoms with E-state index in [4.69, 9.17) is 0 Å². The Kier molecular flexibility index (Phi) is 6.52. The molecule has 31 heavy (non-hydrogen) atoms. The molecule has 2 aliphatic heterocycles. The number of hydrogen-bond acceptors (Lipinski definition) is 5. The average Bonchev–Trinajstić information content (AvgIpc) is 3.25. The summed E-state index contributed by atoms with van der Waals surface area (Å²) in [6.45, 7) is 2.26. The summed E-state index contributed by atoms with van der Waals surface area (Å²) in [4.78, 5) is 32.9. The Bertz CT molecular complexity index is 944. The molecule has 1 fully saturated rings. The number of carbonyl (C=O) groups excluding carboxylic acids is 2. The van der Waals surface area contributed by atoms with E-state index in [1.165, 1.54) is 22.6 Å². The average molecular weight is 450 g/mol. The zero-order valence-electron chi connectivity index (χ0n) is 17.3. The molecule has 0 spiro atoms. The fourth-order valence-corrected chi connectivity index (χ4v) is 5.07. The molecule has 1 aromatic heterocycles. The maximum absolute atomic E-state index is 13.0. The van der Waals surface area contributed by atoms with E-state index in [9.17, 15) is 18.4 Å². The zero-order chi connectivity index (χ0) is 22.0. The van der Waals surface area contributed by atoms with Gasteiger partial charge in [-0.05, 0) is 42.5 Å². The summed E-state index contributed by atoms with van der Waals surface area (Å²) in [5.41, 5.74) is 1.36. The van der Waals surface area contributed by atoms with Gasteiger partial charge < -0.3 is 14.5 Å². The van der Waals surface area contributed by atoms with Crippen LogP contribution in [0.25, 0.3) is 0 Å². The van der Waals surface area contributed by atoms with Crippen molar-refractivity contribution in [1.82, 2.24) is 14.7 Å². The minimum atomic E-state index is -2.99. The Labute approximate surface area is 184 Å². The lowest BCUT2D eigenvalue weighted by Crippen LogP contribution is -2.55. The molecule has 4 rings (SSSR count). The van der Waals surface area contributed by atoms with Crippen LogP contribution in [0.5, 0.6) is 5.75 Å². The van der Waals surface area contributed by atoms with E-state index in [1.807, 2.05) is 11.8 Å². The van der Waals surface area contributed by atoms with Crippen molar-refractivity contribution in [3.8, 4) is 5.75 Å². The minimum Gasteiger partial charge on any atom is -0.434 e. The minimum absolute atomic E-state index is 0.104. The molecule has 6 nitrogen and oxygen atoms in total. The highest BCUT2D eigenvalue weighted by atomic mass is 32.1. The van der Waals surface area contributed by atoms with Gasteiger partial charge in [-0.15, -0.1) is 11.3 Å². The van der Waals surface area contributed by atoms with Gasteiger partial charge in [0, 0.05) is 44.1 Å². The highest BCUT2D eigenvalue weighted by Gasteiger charge is 2.32. The number of carbonyl (C=O) groups is 2. The SMILES string of the molecule is CC(C(=O)N1CCc2sccc2C1)N1CCN(C(=O)c2ccccc2OC(F)F)CC1. The van der Waals surface area contributed by atoms with Crippen LogP contribution >= 0.6 is 11.3 Å². The Morgan fingerprint density at radius 2 is 1.77 bits per heavy atom. The van der Waals surface area contributed by atoms with Gasteiger partial charge in [0.15, 0.2) is 0 Å². The molecule has 0 radical (unpaired) electrons. The molecule has 0 bridgehead atoms. The van der Waals surface area contributed by atoms with Crippen LogP contribution in [0, 0.1) is 0 Å². The van der Waals surface area contributed by atoms with E-state index in [0.29, 0.717) is 32.7 Å².